The third-order valence-corrected chi connectivity index (χ3v) is 5.40. The molecule has 28 heavy (non-hydrogen) atoms. The number of nitrogens with zero attached hydrogens (tertiary/aromatic N) is 4. The summed E-state index contributed by atoms with van der Waals surface area (Å²) in [7, 11) is 0. The molecule has 1 N–H and O–H groups in total. The molecule has 0 atom stereocenters. The molecule has 10 heteroatoms. The van der Waals surface area contributed by atoms with Crippen molar-refractivity contribution in [2.24, 2.45) is 0 Å². The third kappa shape index (κ3) is 3.90. The largest absolute Gasteiger partial charge is 0.467 e. The molecule has 1 aromatic carbocycles. The monoisotopic (exact) mass is 417 g/mol. The molecule has 1 saturated heterocycles. The minimum absolute atomic E-state index is 0.0545. The van der Waals surface area contributed by atoms with Gasteiger partial charge in [-0.2, -0.15) is 0 Å². The Hall–Kier alpha value is -2.78. The highest BCUT2D eigenvalue weighted by atomic mass is 35.5. The van der Waals surface area contributed by atoms with Gasteiger partial charge in [0, 0.05) is 22.9 Å². The summed E-state index contributed by atoms with van der Waals surface area (Å²) in [6, 6.07) is 10.7. The highest BCUT2D eigenvalue weighted by Gasteiger charge is 2.28. The van der Waals surface area contributed by atoms with Gasteiger partial charge in [-0.3, -0.25) is 14.3 Å². The lowest BCUT2D eigenvalue weighted by Gasteiger charge is -2.12. The molecule has 2 aromatic heterocycles. The molecule has 0 bridgehead atoms. The van der Waals surface area contributed by atoms with Crippen LogP contribution in [0.25, 0.3) is 11.4 Å². The van der Waals surface area contributed by atoms with Crippen molar-refractivity contribution < 1.29 is 14.0 Å². The van der Waals surface area contributed by atoms with Crippen molar-refractivity contribution in [2.75, 3.05) is 18.8 Å². The van der Waals surface area contributed by atoms with Crippen LogP contribution in [0.15, 0.2) is 52.2 Å². The zero-order chi connectivity index (χ0) is 19.5. The first-order valence-electron chi connectivity index (χ1n) is 8.54. The highest BCUT2D eigenvalue weighted by Crippen LogP contribution is 2.26. The van der Waals surface area contributed by atoms with Crippen molar-refractivity contribution in [1.82, 2.24) is 25.0 Å². The first kappa shape index (κ1) is 18.6. The van der Waals surface area contributed by atoms with Gasteiger partial charge in [-0.05, 0) is 36.4 Å². The van der Waals surface area contributed by atoms with E-state index < -0.39 is 0 Å². The highest BCUT2D eigenvalue weighted by molar-refractivity contribution is 7.99. The Kier molecular flexibility index (Phi) is 5.36. The number of amides is 3. The number of hydrogen-bond donors (Lipinski definition) is 1. The second-order valence-electron chi connectivity index (χ2n) is 6.03. The van der Waals surface area contributed by atoms with Gasteiger partial charge in [0.15, 0.2) is 11.0 Å². The number of carbonyl (C=O) groups excluding carboxylic acids is 2. The number of rotatable bonds is 7. The maximum atomic E-state index is 11.7. The Labute approximate surface area is 169 Å². The minimum atomic E-state index is -0.357. The lowest BCUT2D eigenvalue weighted by Crippen LogP contribution is -2.32. The van der Waals surface area contributed by atoms with Gasteiger partial charge < -0.3 is 9.73 Å². The molecule has 1 aliphatic rings. The van der Waals surface area contributed by atoms with Crippen LogP contribution < -0.4 is 5.32 Å². The second kappa shape index (κ2) is 8.07. The average Bonchev–Trinajstić information content (AvgIpc) is 3.41. The molecule has 3 amide bonds. The molecule has 0 aliphatic carbocycles. The Balaban J connectivity index is 1.55. The summed E-state index contributed by atoms with van der Waals surface area (Å²) < 4.78 is 7.42. The van der Waals surface area contributed by atoms with Crippen LogP contribution in [0.3, 0.4) is 0 Å². The molecule has 0 unspecified atom stereocenters. The number of aromatic nitrogens is 3. The van der Waals surface area contributed by atoms with Crippen LogP contribution in [0.1, 0.15) is 5.76 Å². The van der Waals surface area contributed by atoms with Crippen LogP contribution in [0.5, 0.6) is 0 Å². The molecule has 0 saturated carbocycles. The summed E-state index contributed by atoms with van der Waals surface area (Å²) in [6.45, 7) is 0.821. The van der Waals surface area contributed by atoms with E-state index in [1.54, 1.807) is 18.4 Å². The Morgan fingerprint density at radius 3 is 2.68 bits per heavy atom. The molecule has 0 radical (unpaired) electrons. The topological polar surface area (TPSA) is 93.3 Å². The molecular weight excluding hydrogens is 402 g/mol. The number of carbonyl (C=O) groups is 2. The lowest BCUT2D eigenvalue weighted by molar-refractivity contribution is -0.124. The molecule has 8 nitrogen and oxygen atoms in total. The van der Waals surface area contributed by atoms with Crippen LogP contribution in [0, 0.1) is 0 Å². The number of halogens is 1. The predicted molar refractivity (Wildman–Crippen MR) is 104 cm³/mol. The Morgan fingerprint density at radius 2 is 2.00 bits per heavy atom. The van der Waals surface area contributed by atoms with E-state index in [0.29, 0.717) is 34.8 Å². The van der Waals surface area contributed by atoms with E-state index in [2.05, 4.69) is 15.5 Å². The first-order chi connectivity index (χ1) is 13.6. The van der Waals surface area contributed by atoms with Gasteiger partial charge in [-0.1, -0.05) is 23.4 Å². The first-order valence-corrected chi connectivity index (χ1v) is 9.90. The van der Waals surface area contributed by atoms with E-state index in [4.69, 9.17) is 16.0 Å². The molecular formula is C18H16ClN5O3S. The van der Waals surface area contributed by atoms with Crippen molar-refractivity contribution in [3.8, 4) is 11.4 Å². The minimum Gasteiger partial charge on any atom is -0.467 e. The summed E-state index contributed by atoms with van der Waals surface area (Å²) in [5, 5.41) is 12.4. The summed E-state index contributed by atoms with van der Waals surface area (Å²) in [4.78, 5) is 24.6. The Morgan fingerprint density at radius 1 is 1.18 bits per heavy atom. The quantitative estimate of drug-likeness (QED) is 0.469. The number of hydrogen-bond acceptors (Lipinski definition) is 6. The van der Waals surface area contributed by atoms with Gasteiger partial charge in [0.05, 0.1) is 19.4 Å². The number of furan rings is 1. The normalized spacial score (nSPS) is 14.0. The fraction of sp³-hybridized carbons (Fsp3) is 0.222. The van der Waals surface area contributed by atoms with Gasteiger partial charge in [0.1, 0.15) is 5.76 Å². The summed E-state index contributed by atoms with van der Waals surface area (Å²) in [5.41, 5.74) is 0.879. The molecule has 3 aromatic rings. The average molecular weight is 418 g/mol. The number of thioether (sulfide) groups is 1. The van der Waals surface area contributed by atoms with Gasteiger partial charge >= 0.3 is 6.03 Å². The predicted octanol–water partition coefficient (Wildman–Crippen LogP) is 2.88. The number of urea groups is 1. The van der Waals surface area contributed by atoms with E-state index >= 15 is 0 Å². The van der Waals surface area contributed by atoms with E-state index in [9.17, 15) is 9.59 Å². The van der Waals surface area contributed by atoms with Gasteiger partial charge in [0.25, 0.3) is 0 Å². The van der Waals surface area contributed by atoms with E-state index in [0.717, 1.165) is 11.3 Å². The molecule has 144 valence electrons. The summed E-state index contributed by atoms with van der Waals surface area (Å²) in [5.74, 6) is 1.75. The van der Waals surface area contributed by atoms with Crippen LogP contribution >= 0.6 is 23.4 Å². The summed E-state index contributed by atoms with van der Waals surface area (Å²) >= 11 is 7.41. The van der Waals surface area contributed by atoms with E-state index in [1.807, 2.05) is 28.8 Å². The van der Waals surface area contributed by atoms with Crippen molar-refractivity contribution in [1.29, 1.82) is 0 Å². The second-order valence-corrected chi connectivity index (χ2v) is 7.53. The maximum Gasteiger partial charge on any atom is 0.324 e. The molecule has 0 spiro atoms. The molecule has 4 rings (SSSR count). The zero-order valence-electron chi connectivity index (χ0n) is 14.7. The Bertz CT molecular complexity index is 971. The fourth-order valence-corrected chi connectivity index (χ4v) is 3.81. The number of benzene rings is 1. The van der Waals surface area contributed by atoms with Crippen molar-refractivity contribution >= 4 is 35.3 Å². The smallest absolute Gasteiger partial charge is 0.324 e. The summed E-state index contributed by atoms with van der Waals surface area (Å²) in [6.07, 6.45) is 1.62. The van der Waals surface area contributed by atoms with Crippen LogP contribution in [-0.2, 0) is 11.3 Å². The SMILES string of the molecule is O=C1CNC(=O)N1CCSc1nnc(-c2ccc(Cl)cc2)n1Cc1ccco1. The van der Waals surface area contributed by atoms with Crippen LogP contribution in [-0.4, -0.2) is 50.4 Å². The van der Waals surface area contributed by atoms with Crippen molar-refractivity contribution in [3.63, 3.8) is 0 Å². The van der Waals surface area contributed by atoms with Crippen molar-refractivity contribution in [3.05, 3.63) is 53.4 Å². The van der Waals surface area contributed by atoms with E-state index in [1.165, 1.54) is 16.7 Å². The fourth-order valence-electron chi connectivity index (χ4n) is 2.82. The number of nitrogens with one attached hydrogen (secondary N) is 1. The molecule has 3 heterocycles. The standard InChI is InChI=1S/C18H16ClN5O3S/c19-13-5-3-12(4-6-13)16-21-22-18(24(16)11-14-2-1-8-27-14)28-9-7-23-15(25)10-20-17(23)26/h1-6,8H,7,9-11H2,(H,20,26). The number of imide groups is 1. The maximum absolute atomic E-state index is 11.7. The van der Waals surface area contributed by atoms with Gasteiger partial charge in [-0.25, -0.2) is 4.79 Å². The van der Waals surface area contributed by atoms with E-state index in [-0.39, 0.29) is 18.5 Å². The van der Waals surface area contributed by atoms with Crippen molar-refractivity contribution in [2.45, 2.75) is 11.7 Å². The zero-order valence-corrected chi connectivity index (χ0v) is 16.2. The molecule has 1 fully saturated rings. The lowest BCUT2D eigenvalue weighted by atomic mass is 10.2. The third-order valence-electron chi connectivity index (χ3n) is 4.20. The molecule has 1 aliphatic heterocycles. The van der Waals surface area contributed by atoms with Gasteiger partial charge in [-0.15, -0.1) is 10.2 Å². The van der Waals surface area contributed by atoms with Gasteiger partial charge in [0.2, 0.25) is 5.91 Å². The van der Waals surface area contributed by atoms with Crippen LogP contribution in [0.2, 0.25) is 5.02 Å². The van der Waals surface area contributed by atoms with Crippen LogP contribution in [0.4, 0.5) is 4.79 Å².